The molecule has 0 saturated carbocycles. The van der Waals surface area contributed by atoms with E-state index in [-0.39, 0.29) is 23.9 Å². The molecule has 1 N–H and O–H groups in total. The van der Waals surface area contributed by atoms with Crippen molar-refractivity contribution in [3.05, 3.63) is 68.6 Å². The highest BCUT2D eigenvalue weighted by Crippen LogP contribution is 2.22. The van der Waals surface area contributed by atoms with Gasteiger partial charge in [-0.25, -0.2) is 0 Å². The minimum atomic E-state index is -0.286. The quantitative estimate of drug-likeness (QED) is 0.879. The minimum Gasteiger partial charge on any atom is -0.329 e. The van der Waals surface area contributed by atoms with E-state index in [4.69, 9.17) is 0 Å². The van der Waals surface area contributed by atoms with Gasteiger partial charge in [0.15, 0.2) is 0 Å². The monoisotopic (exact) mass is 310 g/mol. The minimum absolute atomic E-state index is 0.156. The number of hydrogen-bond acceptors (Lipinski definition) is 3. The number of carbonyl (C=O) groups excluding carboxylic acids is 2. The second-order valence-corrected chi connectivity index (χ2v) is 5.66. The van der Waals surface area contributed by atoms with Crippen LogP contribution in [0.3, 0.4) is 0 Å². The molecule has 0 saturated heterocycles. The number of aromatic amines is 1. The van der Waals surface area contributed by atoms with Gasteiger partial charge in [0.1, 0.15) is 0 Å². The van der Waals surface area contributed by atoms with Gasteiger partial charge in [0, 0.05) is 18.3 Å². The van der Waals surface area contributed by atoms with Crippen molar-refractivity contribution in [2.24, 2.45) is 0 Å². The average Bonchev–Trinajstić information content (AvgIpc) is 2.80. The molecule has 0 radical (unpaired) electrons. The zero-order valence-corrected chi connectivity index (χ0v) is 13.2. The first kappa shape index (κ1) is 15.2. The van der Waals surface area contributed by atoms with Gasteiger partial charge in [0.25, 0.3) is 17.4 Å². The van der Waals surface area contributed by atoms with Gasteiger partial charge in [-0.1, -0.05) is 19.1 Å². The summed E-state index contributed by atoms with van der Waals surface area (Å²) in [6.45, 7) is 4.14. The van der Waals surface area contributed by atoms with Crippen LogP contribution in [0.15, 0.2) is 35.3 Å². The zero-order valence-electron chi connectivity index (χ0n) is 13.2. The van der Waals surface area contributed by atoms with Crippen LogP contribution in [-0.2, 0) is 12.8 Å². The van der Waals surface area contributed by atoms with Crippen molar-refractivity contribution in [1.82, 2.24) is 9.88 Å². The maximum absolute atomic E-state index is 12.3. The second kappa shape index (κ2) is 5.83. The van der Waals surface area contributed by atoms with E-state index in [0.29, 0.717) is 23.1 Å². The Balaban J connectivity index is 1.85. The van der Waals surface area contributed by atoms with Gasteiger partial charge in [0.2, 0.25) is 0 Å². The van der Waals surface area contributed by atoms with Gasteiger partial charge in [-0.05, 0) is 43.0 Å². The van der Waals surface area contributed by atoms with Crippen LogP contribution in [0.25, 0.3) is 0 Å². The van der Waals surface area contributed by atoms with E-state index < -0.39 is 0 Å². The molecule has 0 fully saturated rings. The van der Waals surface area contributed by atoms with Crippen LogP contribution in [0.4, 0.5) is 0 Å². The molecular formula is C18H18N2O3. The van der Waals surface area contributed by atoms with Crippen molar-refractivity contribution in [3.8, 4) is 0 Å². The number of aryl methyl sites for hydroxylation is 1. The molecule has 0 bridgehead atoms. The van der Waals surface area contributed by atoms with Crippen LogP contribution in [0.1, 0.15) is 44.3 Å². The number of rotatable bonds is 4. The summed E-state index contributed by atoms with van der Waals surface area (Å²) >= 11 is 0. The molecule has 23 heavy (non-hydrogen) atoms. The number of fused-ring (bicyclic) bond motifs is 1. The van der Waals surface area contributed by atoms with Crippen LogP contribution in [-0.4, -0.2) is 28.2 Å². The van der Waals surface area contributed by atoms with Crippen molar-refractivity contribution in [3.63, 3.8) is 0 Å². The van der Waals surface area contributed by atoms with Gasteiger partial charge in [-0.3, -0.25) is 19.3 Å². The lowest BCUT2D eigenvalue weighted by atomic mass is 10.0. The number of nitrogens with one attached hydrogen (secondary N) is 1. The fraction of sp³-hybridized carbons (Fsp3) is 0.278. The highest BCUT2D eigenvalue weighted by molar-refractivity contribution is 6.21. The van der Waals surface area contributed by atoms with E-state index in [1.54, 1.807) is 30.5 Å². The summed E-state index contributed by atoms with van der Waals surface area (Å²) in [5, 5.41) is 0. The number of amides is 2. The Morgan fingerprint density at radius 3 is 2.22 bits per heavy atom. The molecule has 5 nitrogen and oxygen atoms in total. The standard InChI is InChI=1S/C18H18N2O3/c1-3-12-10-19-16(21)13(11(12)2)8-9-20-17(22)14-6-4-5-7-15(14)18(20)23/h4-7,10H,3,8-9H2,1-2H3,(H,19,21). The summed E-state index contributed by atoms with van der Waals surface area (Å²) in [7, 11) is 0. The average molecular weight is 310 g/mol. The van der Waals surface area contributed by atoms with E-state index in [9.17, 15) is 14.4 Å². The SMILES string of the molecule is CCc1c[nH]c(=O)c(CCN2C(=O)c3ccccc3C2=O)c1C. The van der Waals surface area contributed by atoms with Gasteiger partial charge < -0.3 is 4.98 Å². The van der Waals surface area contributed by atoms with E-state index in [1.807, 2.05) is 13.8 Å². The second-order valence-electron chi connectivity index (χ2n) is 5.66. The Morgan fingerprint density at radius 2 is 1.65 bits per heavy atom. The van der Waals surface area contributed by atoms with E-state index in [1.165, 1.54) is 4.90 Å². The molecule has 0 aliphatic carbocycles. The Kier molecular flexibility index (Phi) is 3.86. The van der Waals surface area contributed by atoms with Crippen LogP contribution in [0.5, 0.6) is 0 Å². The first-order chi connectivity index (χ1) is 11.0. The number of imide groups is 1. The Morgan fingerprint density at radius 1 is 1.04 bits per heavy atom. The Bertz CT molecular complexity index is 817. The predicted molar refractivity (Wildman–Crippen MR) is 86.7 cm³/mol. The van der Waals surface area contributed by atoms with Crippen LogP contribution >= 0.6 is 0 Å². The molecule has 3 rings (SSSR count). The van der Waals surface area contributed by atoms with E-state index >= 15 is 0 Å². The van der Waals surface area contributed by atoms with Gasteiger partial charge in [-0.15, -0.1) is 0 Å². The summed E-state index contributed by atoms with van der Waals surface area (Å²) in [5.41, 5.74) is 3.36. The number of H-pyrrole nitrogens is 1. The molecule has 2 aromatic rings. The van der Waals surface area contributed by atoms with Crippen molar-refractivity contribution in [1.29, 1.82) is 0 Å². The topological polar surface area (TPSA) is 70.2 Å². The molecule has 1 aliphatic rings. The molecule has 0 unspecified atom stereocenters. The highest BCUT2D eigenvalue weighted by atomic mass is 16.2. The molecule has 1 aromatic heterocycles. The summed E-state index contributed by atoms with van der Waals surface area (Å²) < 4.78 is 0. The highest BCUT2D eigenvalue weighted by Gasteiger charge is 2.34. The largest absolute Gasteiger partial charge is 0.329 e. The fourth-order valence-electron chi connectivity index (χ4n) is 3.05. The van der Waals surface area contributed by atoms with Crippen molar-refractivity contribution >= 4 is 11.8 Å². The molecule has 5 heteroatoms. The van der Waals surface area contributed by atoms with Gasteiger partial charge in [-0.2, -0.15) is 0 Å². The molecule has 0 spiro atoms. The lowest BCUT2D eigenvalue weighted by Gasteiger charge is -2.15. The van der Waals surface area contributed by atoms with E-state index in [0.717, 1.165) is 17.5 Å². The molecule has 0 atom stereocenters. The van der Waals surface area contributed by atoms with Crippen molar-refractivity contribution < 1.29 is 9.59 Å². The third-order valence-corrected chi connectivity index (χ3v) is 4.43. The molecule has 1 aliphatic heterocycles. The summed E-state index contributed by atoms with van der Waals surface area (Å²) in [4.78, 5) is 40.7. The van der Waals surface area contributed by atoms with Gasteiger partial charge in [0.05, 0.1) is 11.1 Å². The predicted octanol–water partition coefficient (Wildman–Crippen LogP) is 2.08. The fourth-order valence-corrected chi connectivity index (χ4v) is 3.05. The molecule has 2 heterocycles. The number of pyridine rings is 1. The molecular weight excluding hydrogens is 292 g/mol. The molecule has 2 amide bonds. The number of hydrogen-bond donors (Lipinski definition) is 1. The normalized spacial score (nSPS) is 13.6. The zero-order chi connectivity index (χ0) is 16.6. The third kappa shape index (κ3) is 2.48. The number of aromatic nitrogens is 1. The van der Waals surface area contributed by atoms with Crippen molar-refractivity contribution in [2.75, 3.05) is 6.54 Å². The first-order valence-electron chi connectivity index (χ1n) is 7.69. The maximum atomic E-state index is 12.3. The Labute approximate surface area is 134 Å². The van der Waals surface area contributed by atoms with Crippen LogP contribution in [0.2, 0.25) is 0 Å². The summed E-state index contributed by atoms with van der Waals surface area (Å²) in [6.07, 6.45) is 2.91. The lowest BCUT2D eigenvalue weighted by Crippen LogP contribution is -2.33. The summed E-state index contributed by atoms with van der Waals surface area (Å²) in [6, 6.07) is 6.80. The molecule has 1 aromatic carbocycles. The van der Waals surface area contributed by atoms with Crippen LogP contribution in [0, 0.1) is 6.92 Å². The number of benzene rings is 1. The van der Waals surface area contributed by atoms with E-state index in [2.05, 4.69) is 4.98 Å². The molecule has 118 valence electrons. The number of carbonyl (C=O) groups is 2. The Hall–Kier alpha value is -2.69. The summed E-state index contributed by atoms with van der Waals surface area (Å²) in [5.74, 6) is -0.572. The van der Waals surface area contributed by atoms with Crippen molar-refractivity contribution in [2.45, 2.75) is 26.7 Å². The van der Waals surface area contributed by atoms with Gasteiger partial charge >= 0.3 is 0 Å². The maximum Gasteiger partial charge on any atom is 0.261 e. The third-order valence-electron chi connectivity index (χ3n) is 4.43. The first-order valence-corrected chi connectivity index (χ1v) is 7.69. The number of nitrogens with zero attached hydrogens (tertiary/aromatic N) is 1. The van der Waals surface area contributed by atoms with Crippen LogP contribution < -0.4 is 5.56 Å². The smallest absolute Gasteiger partial charge is 0.261 e. The lowest BCUT2D eigenvalue weighted by molar-refractivity contribution is 0.0656.